The van der Waals surface area contributed by atoms with Crippen LogP contribution in [0, 0.1) is 19.7 Å². The Morgan fingerprint density at radius 3 is 2.56 bits per heavy atom. The zero-order valence-corrected chi connectivity index (χ0v) is 20.5. The van der Waals surface area contributed by atoms with E-state index in [1.165, 1.54) is 25.3 Å². The fourth-order valence-electron chi connectivity index (χ4n) is 3.94. The highest BCUT2D eigenvalue weighted by Gasteiger charge is 2.36. The summed E-state index contributed by atoms with van der Waals surface area (Å²) in [6.07, 6.45) is 1.59. The van der Waals surface area contributed by atoms with Crippen LogP contribution in [0.25, 0.3) is 11.8 Å². The van der Waals surface area contributed by atoms with Crippen LogP contribution < -0.4 is 5.32 Å². The quantitative estimate of drug-likeness (QED) is 0.384. The number of anilines is 1. The monoisotopic (exact) mass is 507 g/mol. The van der Waals surface area contributed by atoms with Crippen molar-refractivity contribution in [3.63, 3.8) is 0 Å². The van der Waals surface area contributed by atoms with Crippen molar-refractivity contribution in [2.75, 3.05) is 19.0 Å². The summed E-state index contributed by atoms with van der Waals surface area (Å²) in [5.74, 6) is -2.22. The first kappa shape index (κ1) is 24.9. The summed E-state index contributed by atoms with van der Waals surface area (Å²) in [7, 11) is 1.31. The van der Waals surface area contributed by atoms with Crippen molar-refractivity contribution in [3.05, 3.63) is 87.8 Å². The van der Waals surface area contributed by atoms with Gasteiger partial charge in [-0.15, -0.1) is 0 Å². The van der Waals surface area contributed by atoms with Gasteiger partial charge in [0.1, 0.15) is 12.4 Å². The lowest BCUT2D eigenvalue weighted by molar-refractivity contribution is -0.127. The second-order valence-corrected chi connectivity index (χ2v) is 8.99. The molecule has 0 saturated carbocycles. The number of thioether (sulfide) groups is 1. The number of carbonyl (C=O) groups is 4. The molecule has 3 aromatic rings. The number of ether oxygens (including phenoxy) is 1. The highest BCUT2D eigenvalue weighted by atomic mass is 32.2. The topological polar surface area (TPSA) is 97.7 Å². The van der Waals surface area contributed by atoms with E-state index in [2.05, 4.69) is 5.32 Å². The number of hydrogen-bond donors (Lipinski definition) is 1. The second-order valence-electron chi connectivity index (χ2n) is 8.00. The van der Waals surface area contributed by atoms with E-state index in [-0.39, 0.29) is 10.6 Å². The van der Waals surface area contributed by atoms with Crippen molar-refractivity contribution in [1.82, 2.24) is 9.47 Å². The van der Waals surface area contributed by atoms with Gasteiger partial charge in [0.2, 0.25) is 5.91 Å². The van der Waals surface area contributed by atoms with Gasteiger partial charge in [0.05, 0.1) is 23.3 Å². The number of carbonyl (C=O) groups excluding carboxylic acids is 4. The fraction of sp³-hybridized carbons (Fsp3) is 0.154. The Balaban J connectivity index is 1.57. The highest BCUT2D eigenvalue weighted by Crippen LogP contribution is 2.34. The normalized spacial score (nSPS) is 14.4. The first-order valence-corrected chi connectivity index (χ1v) is 11.7. The summed E-state index contributed by atoms with van der Waals surface area (Å²) >= 11 is 0.734. The van der Waals surface area contributed by atoms with Crippen LogP contribution in [0.3, 0.4) is 0 Å². The number of methoxy groups -OCH3 is 1. The van der Waals surface area contributed by atoms with E-state index in [4.69, 9.17) is 4.74 Å². The Labute approximate surface area is 210 Å². The van der Waals surface area contributed by atoms with Crippen molar-refractivity contribution < 1.29 is 28.3 Å². The predicted molar refractivity (Wildman–Crippen MR) is 134 cm³/mol. The summed E-state index contributed by atoms with van der Waals surface area (Å²) in [6, 6.07) is 14.2. The number of aryl methyl sites for hydroxylation is 1. The van der Waals surface area contributed by atoms with Gasteiger partial charge in [-0.3, -0.25) is 19.3 Å². The molecule has 0 unspecified atom stereocenters. The molecule has 0 atom stereocenters. The van der Waals surface area contributed by atoms with E-state index in [1.54, 1.807) is 30.3 Å². The third-order valence-corrected chi connectivity index (χ3v) is 6.50. The van der Waals surface area contributed by atoms with Gasteiger partial charge in [0.15, 0.2) is 0 Å². The Morgan fingerprint density at radius 1 is 1.08 bits per heavy atom. The minimum atomic E-state index is -0.623. The number of esters is 1. The Kier molecular flexibility index (Phi) is 7.07. The lowest BCUT2D eigenvalue weighted by Crippen LogP contribution is -2.36. The molecule has 1 N–H and O–H groups in total. The molecule has 1 fully saturated rings. The number of halogens is 1. The number of aromatic nitrogens is 1. The molecule has 0 radical (unpaired) electrons. The molecule has 184 valence electrons. The van der Waals surface area contributed by atoms with E-state index in [0.29, 0.717) is 16.8 Å². The largest absolute Gasteiger partial charge is 0.465 e. The van der Waals surface area contributed by atoms with Gasteiger partial charge >= 0.3 is 5.97 Å². The van der Waals surface area contributed by atoms with Crippen molar-refractivity contribution in [3.8, 4) is 5.69 Å². The zero-order chi connectivity index (χ0) is 26.0. The maximum Gasteiger partial charge on any atom is 0.339 e. The molecule has 0 bridgehead atoms. The molecule has 2 aromatic carbocycles. The molecular formula is C26H22FN3O5S. The van der Waals surface area contributed by atoms with Gasteiger partial charge in [0.25, 0.3) is 11.1 Å². The smallest absolute Gasteiger partial charge is 0.339 e. The minimum Gasteiger partial charge on any atom is -0.465 e. The maximum absolute atomic E-state index is 13.4. The number of amides is 3. The van der Waals surface area contributed by atoms with Gasteiger partial charge in [-0.2, -0.15) is 0 Å². The molecule has 0 spiro atoms. The second kappa shape index (κ2) is 10.2. The molecule has 1 saturated heterocycles. The minimum absolute atomic E-state index is 0.167. The first-order chi connectivity index (χ1) is 17.2. The third-order valence-electron chi connectivity index (χ3n) is 5.59. The summed E-state index contributed by atoms with van der Waals surface area (Å²) < 4.78 is 20.1. The standard InChI is InChI=1S/C26H22FN3O5S/c1-15-11-17(16(2)30(15)21-10-5-4-9-20(21)25(33)35-3)12-22-24(32)29(26(34)36-22)14-23(31)28-19-8-6-7-18(27)13-19/h4-13H,14H2,1-3H3,(H,28,31)/b22-12+. The third kappa shape index (κ3) is 4.94. The van der Waals surface area contributed by atoms with E-state index in [1.807, 2.05) is 24.5 Å². The van der Waals surface area contributed by atoms with E-state index in [0.717, 1.165) is 34.1 Å². The average molecular weight is 508 g/mol. The molecule has 1 aliphatic heterocycles. The molecule has 4 rings (SSSR count). The Bertz CT molecular complexity index is 1430. The fourth-order valence-corrected chi connectivity index (χ4v) is 4.77. The van der Waals surface area contributed by atoms with Crippen molar-refractivity contribution in [2.24, 2.45) is 0 Å². The van der Waals surface area contributed by atoms with Crippen LogP contribution in [0.15, 0.2) is 59.5 Å². The number of hydrogen-bond acceptors (Lipinski definition) is 6. The van der Waals surface area contributed by atoms with E-state index < -0.39 is 35.4 Å². The zero-order valence-electron chi connectivity index (χ0n) is 19.7. The van der Waals surface area contributed by atoms with Crippen LogP contribution in [0.2, 0.25) is 0 Å². The van der Waals surface area contributed by atoms with Crippen LogP contribution in [0.4, 0.5) is 14.9 Å². The lowest BCUT2D eigenvalue weighted by atomic mass is 10.1. The summed E-state index contributed by atoms with van der Waals surface area (Å²) in [4.78, 5) is 51.0. The molecule has 36 heavy (non-hydrogen) atoms. The molecule has 0 aliphatic carbocycles. The van der Waals surface area contributed by atoms with Gasteiger partial charge in [-0.25, -0.2) is 9.18 Å². The van der Waals surface area contributed by atoms with Crippen LogP contribution in [0.5, 0.6) is 0 Å². The average Bonchev–Trinajstić information content (AvgIpc) is 3.27. The molecule has 8 nitrogen and oxygen atoms in total. The van der Waals surface area contributed by atoms with E-state index >= 15 is 0 Å². The number of rotatable bonds is 6. The van der Waals surface area contributed by atoms with Gasteiger partial charge < -0.3 is 14.6 Å². The van der Waals surface area contributed by atoms with Crippen molar-refractivity contribution >= 4 is 46.5 Å². The van der Waals surface area contributed by atoms with Crippen LogP contribution >= 0.6 is 11.8 Å². The Morgan fingerprint density at radius 2 is 1.83 bits per heavy atom. The number of imide groups is 1. The van der Waals surface area contributed by atoms with Gasteiger partial charge in [-0.1, -0.05) is 18.2 Å². The lowest BCUT2D eigenvalue weighted by Gasteiger charge is -2.13. The van der Waals surface area contributed by atoms with Gasteiger partial charge in [0, 0.05) is 17.1 Å². The summed E-state index contributed by atoms with van der Waals surface area (Å²) in [5.41, 5.74) is 3.48. The summed E-state index contributed by atoms with van der Waals surface area (Å²) in [5, 5.41) is 1.90. The number of para-hydroxylation sites is 1. The molecule has 2 heterocycles. The van der Waals surface area contributed by atoms with Crippen molar-refractivity contribution in [2.45, 2.75) is 13.8 Å². The van der Waals surface area contributed by atoms with Crippen LogP contribution in [0.1, 0.15) is 27.3 Å². The molecular weight excluding hydrogens is 485 g/mol. The molecule has 10 heteroatoms. The van der Waals surface area contributed by atoms with E-state index in [9.17, 15) is 23.6 Å². The summed E-state index contributed by atoms with van der Waals surface area (Å²) in [6.45, 7) is 3.20. The maximum atomic E-state index is 13.4. The Hall–Kier alpha value is -4.18. The molecule has 1 aromatic heterocycles. The first-order valence-electron chi connectivity index (χ1n) is 10.9. The van der Waals surface area contributed by atoms with Crippen LogP contribution in [-0.2, 0) is 14.3 Å². The molecule has 1 aliphatic rings. The van der Waals surface area contributed by atoms with Crippen LogP contribution in [-0.4, -0.2) is 46.1 Å². The van der Waals surface area contributed by atoms with Crippen molar-refractivity contribution in [1.29, 1.82) is 0 Å². The SMILES string of the molecule is COC(=O)c1ccccc1-n1c(C)cc(/C=C2/SC(=O)N(CC(=O)Nc3cccc(F)c3)C2=O)c1C. The highest BCUT2D eigenvalue weighted by molar-refractivity contribution is 8.18. The molecule has 3 amide bonds. The predicted octanol–water partition coefficient (Wildman–Crippen LogP) is 4.69. The number of nitrogens with one attached hydrogen (secondary N) is 1. The number of nitrogens with zero attached hydrogens (tertiary/aromatic N) is 2. The van der Waals surface area contributed by atoms with Gasteiger partial charge in [-0.05, 0) is 73.6 Å². The number of benzene rings is 2.